The van der Waals surface area contributed by atoms with E-state index >= 15 is 0 Å². The van der Waals surface area contributed by atoms with Gasteiger partial charge in [-0.05, 0) is 21.1 Å². The van der Waals surface area contributed by atoms with E-state index in [9.17, 15) is 0 Å². The van der Waals surface area contributed by atoms with Crippen molar-refractivity contribution < 1.29 is 0 Å². The van der Waals surface area contributed by atoms with Gasteiger partial charge in [0.1, 0.15) is 0 Å². The van der Waals surface area contributed by atoms with E-state index in [4.69, 9.17) is 0 Å². The average molecular weight is 223 g/mol. The molecule has 0 radical (unpaired) electrons. The molecule has 0 N–H and O–H groups in total. The molecule has 0 aliphatic carbocycles. The summed E-state index contributed by atoms with van der Waals surface area (Å²) in [5.41, 5.74) is 0. The van der Waals surface area contributed by atoms with E-state index in [1.807, 2.05) is 0 Å². The van der Waals surface area contributed by atoms with Gasteiger partial charge in [0.2, 0.25) is 0 Å². The molecule has 0 amide bonds. The van der Waals surface area contributed by atoms with Gasteiger partial charge in [0.05, 0.1) is 0 Å². The Kier molecular flexibility index (Phi) is 6.19. The lowest BCUT2D eigenvalue weighted by molar-refractivity contribution is 0.285. The van der Waals surface area contributed by atoms with E-state index in [1.54, 1.807) is 0 Å². The Morgan fingerprint density at radius 3 is 2.09 bits per heavy atom. The topological polar surface area (TPSA) is 6.48 Å². The number of halogens is 1. The molecule has 0 bridgehead atoms. The van der Waals surface area contributed by atoms with Crippen LogP contribution in [-0.2, 0) is 0 Å². The molecule has 0 heterocycles. The summed E-state index contributed by atoms with van der Waals surface area (Å²) in [7, 11) is 6.36. The quantitative estimate of drug-likeness (QED) is 0.647. The summed E-state index contributed by atoms with van der Waals surface area (Å²) in [5, 5.41) is 0. The molecule has 0 aromatic heterocycles. The second-order valence-corrected chi connectivity index (χ2v) is 4.91. The summed E-state index contributed by atoms with van der Waals surface area (Å²) >= 11 is 3.53. The second kappa shape index (κ2) is 5.98. The third-order valence-electron chi connectivity index (χ3n) is 1.49. The van der Waals surface area contributed by atoms with Crippen LogP contribution in [0.5, 0.6) is 0 Å². The van der Waals surface area contributed by atoms with Crippen LogP contribution in [0, 0.1) is 0 Å². The first-order valence-electron chi connectivity index (χ1n) is 3.99. The zero-order chi connectivity index (χ0) is 8.85. The third kappa shape index (κ3) is 8.30. The Morgan fingerprint density at radius 2 is 1.73 bits per heavy atom. The van der Waals surface area contributed by atoms with Crippen LogP contribution < -0.4 is 0 Å². The number of nitrogens with zero attached hydrogens (tertiary/aromatic N) is 2. The van der Waals surface area contributed by atoms with Gasteiger partial charge in [0.15, 0.2) is 0 Å². The van der Waals surface area contributed by atoms with Crippen molar-refractivity contribution in [1.82, 2.24) is 9.80 Å². The molecule has 3 heteroatoms. The highest BCUT2D eigenvalue weighted by molar-refractivity contribution is 9.09. The van der Waals surface area contributed by atoms with E-state index < -0.39 is 0 Å². The summed E-state index contributed by atoms with van der Waals surface area (Å²) in [6, 6.07) is 0. The monoisotopic (exact) mass is 222 g/mol. The lowest BCUT2D eigenvalue weighted by Gasteiger charge is -2.20. The minimum absolute atomic E-state index is 0.592. The van der Waals surface area contributed by atoms with Crippen molar-refractivity contribution in [2.75, 3.05) is 40.8 Å². The van der Waals surface area contributed by atoms with Crippen LogP contribution in [-0.4, -0.2) is 55.4 Å². The van der Waals surface area contributed by atoms with E-state index in [2.05, 4.69) is 53.8 Å². The lowest BCUT2D eigenvalue weighted by atomic mass is 10.4. The van der Waals surface area contributed by atoms with Crippen molar-refractivity contribution in [2.45, 2.75) is 11.8 Å². The minimum Gasteiger partial charge on any atom is -0.308 e. The van der Waals surface area contributed by atoms with Gasteiger partial charge < -0.3 is 9.80 Å². The first-order valence-corrected chi connectivity index (χ1v) is 4.91. The van der Waals surface area contributed by atoms with Crippen LogP contribution in [0.15, 0.2) is 0 Å². The largest absolute Gasteiger partial charge is 0.308 e. The molecule has 2 nitrogen and oxygen atoms in total. The molecule has 1 unspecified atom stereocenters. The van der Waals surface area contributed by atoms with Gasteiger partial charge in [-0.25, -0.2) is 0 Å². The highest BCUT2D eigenvalue weighted by Gasteiger charge is 2.01. The van der Waals surface area contributed by atoms with Gasteiger partial charge in [-0.3, -0.25) is 0 Å². The smallest absolute Gasteiger partial charge is 0.0244 e. The number of rotatable bonds is 5. The molecule has 0 rings (SSSR count). The van der Waals surface area contributed by atoms with Gasteiger partial charge in [0, 0.05) is 24.5 Å². The molecule has 11 heavy (non-hydrogen) atoms. The van der Waals surface area contributed by atoms with Crippen molar-refractivity contribution >= 4 is 15.9 Å². The maximum atomic E-state index is 3.53. The summed E-state index contributed by atoms with van der Waals surface area (Å²) in [6.07, 6.45) is 0. The summed E-state index contributed by atoms with van der Waals surface area (Å²) in [5.74, 6) is 0. The average Bonchev–Trinajstić information content (AvgIpc) is 1.82. The molecule has 0 aromatic carbocycles. The Bertz CT molecular complexity index is 94.1. The van der Waals surface area contributed by atoms with Crippen LogP contribution in [0.2, 0.25) is 0 Å². The van der Waals surface area contributed by atoms with E-state index in [0.717, 1.165) is 19.6 Å². The van der Waals surface area contributed by atoms with Crippen LogP contribution in [0.25, 0.3) is 0 Å². The number of alkyl halides is 1. The van der Waals surface area contributed by atoms with Crippen LogP contribution in [0.4, 0.5) is 0 Å². The van der Waals surface area contributed by atoms with Gasteiger partial charge in [-0.1, -0.05) is 22.9 Å². The summed E-state index contributed by atoms with van der Waals surface area (Å²) < 4.78 is 0. The molecule has 0 spiro atoms. The van der Waals surface area contributed by atoms with Crippen molar-refractivity contribution in [1.29, 1.82) is 0 Å². The Morgan fingerprint density at radius 1 is 1.18 bits per heavy atom. The molecule has 1 atom stereocenters. The van der Waals surface area contributed by atoms with Crippen LogP contribution >= 0.6 is 15.9 Å². The standard InChI is InChI=1S/C8H19BrN2/c1-8(9)7-11(4)6-5-10(2)3/h8H,5-7H2,1-4H3. The Labute approximate surface area is 78.7 Å². The third-order valence-corrected chi connectivity index (χ3v) is 1.78. The highest BCUT2D eigenvalue weighted by Crippen LogP contribution is 1.98. The van der Waals surface area contributed by atoms with E-state index in [1.165, 1.54) is 0 Å². The van der Waals surface area contributed by atoms with Crippen molar-refractivity contribution in [3.63, 3.8) is 0 Å². The number of hydrogen-bond donors (Lipinski definition) is 0. The van der Waals surface area contributed by atoms with Gasteiger partial charge in [-0.15, -0.1) is 0 Å². The minimum atomic E-state index is 0.592. The van der Waals surface area contributed by atoms with Gasteiger partial charge >= 0.3 is 0 Å². The molecule has 0 aliphatic rings. The SMILES string of the molecule is CC(Br)CN(C)CCN(C)C. The predicted molar refractivity (Wildman–Crippen MR) is 54.4 cm³/mol. The van der Waals surface area contributed by atoms with E-state index in [0.29, 0.717) is 4.83 Å². The Balaban J connectivity index is 3.29. The fourth-order valence-corrected chi connectivity index (χ4v) is 1.39. The fraction of sp³-hybridized carbons (Fsp3) is 1.00. The molecular weight excluding hydrogens is 204 g/mol. The van der Waals surface area contributed by atoms with Gasteiger partial charge in [-0.2, -0.15) is 0 Å². The normalized spacial score (nSPS) is 14.5. The maximum Gasteiger partial charge on any atom is 0.0244 e. The summed E-state index contributed by atoms with van der Waals surface area (Å²) in [4.78, 5) is 5.13. The molecule has 0 fully saturated rings. The highest BCUT2D eigenvalue weighted by atomic mass is 79.9. The second-order valence-electron chi connectivity index (χ2n) is 3.35. The Hall–Kier alpha value is 0.400. The zero-order valence-corrected chi connectivity index (χ0v) is 9.56. The summed E-state index contributed by atoms with van der Waals surface area (Å²) in [6.45, 7) is 5.57. The van der Waals surface area contributed by atoms with Gasteiger partial charge in [0.25, 0.3) is 0 Å². The lowest BCUT2D eigenvalue weighted by Crippen LogP contribution is -2.31. The molecule has 0 saturated carbocycles. The number of hydrogen-bond acceptors (Lipinski definition) is 2. The molecule has 68 valence electrons. The van der Waals surface area contributed by atoms with Crippen molar-refractivity contribution in [3.8, 4) is 0 Å². The zero-order valence-electron chi connectivity index (χ0n) is 7.97. The molecule has 0 aliphatic heterocycles. The maximum absolute atomic E-state index is 3.53. The molecule has 0 saturated heterocycles. The van der Waals surface area contributed by atoms with Crippen LogP contribution in [0.3, 0.4) is 0 Å². The fourth-order valence-electron chi connectivity index (χ4n) is 0.891. The van der Waals surface area contributed by atoms with E-state index in [-0.39, 0.29) is 0 Å². The molecular formula is C8H19BrN2. The van der Waals surface area contributed by atoms with Crippen molar-refractivity contribution in [2.24, 2.45) is 0 Å². The van der Waals surface area contributed by atoms with Crippen LogP contribution in [0.1, 0.15) is 6.92 Å². The first-order chi connectivity index (χ1) is 5.02. The first kappa shape index (κ1) is 11.4. The predicted octanol–water partition coefficient (Wildman–Crippen LogP) is 1.26. The van der Waals surface area contributed by atoms with Crippen molar-refractivity contribution in [3.05, 3.63) is 0 Å². The number of likely N-dealkylation sites (N-methyl/N-ethyl adjacent to an activating group) is 2. The molecule has 0 aromatic rings.